The van der Waals surface area contributed by atoms with Gasteiger partial charge in [-0.15, -0.1) is 0 Å². The number of hydrogen-bond acceptors (Lipinski definition) is 6. The first-order valence-electron chi connectivity index (χ1n) is 9.60. The van der Waals surface area contributed by atoms with Crippen LogP contribution in [0.15, 0.2) is 48.5 Å². The molecule has 2 aromatic carbocycles. The fraction of sp³-hybridized carbons (Fsp3) is 0.304. The number of hydrogen-bond donors (Lipinski definition) is 0. The van der Waals surface area contributed by atoms with Crippen molar-refractivity contribution in [2.24, 2.45) is 5.92 Å². The highest BCUT2D eigenvalue weighted by molar-refractivity contribution is 6.02. The third-order valence-corrected chi connectivity index (χ3v) is 5.06. The van der Waals surface area contributed by atoms with Gasteiger partial charge in [0.2, 0.25) is 11.7 Å². The maximum Gasteiger partial charge on any atom is 0.337 e. The van der Waals surface area contributed by atoms with Crippen molar-refractivity contribution in [1.29, 1.82) is 0 Å². The summed E-state index contributed by atoms with van der Waals surface area (Å²) in [6.45, 7) is 3.60. The maximum absolute atomic E-state index is 12.5. The highest BCUT2D eigenvalue weighted by Gasteiger charge is 2.37. The van der Waals surface area contributed by atoms with Crippen molar-refractivity contribution < 1.29 is 28.7 Å². The van der Waals surface area contributed by atoms with Gasteiger partial charge in [-0.1, -0.05) is 29.8 Å². The van der Waals surface area contributed by atoms with E-state index in [9.17, 15) is 19.2 Å². The summed E-state index contributed by atoms with van der Waals surface area (Å²) >= 11 is 0. The largest absolute Gasteiger partial charge is 0.465 e. The summed E-state index contributed by atoms with van der Waals surface area (Å²) in [6.07, 6.45) is -0.938. The minimum absolute atomic E-state index is 0.00300. The molecule has 1 fully saturated rings. The zero-order chi connectivity index (χ0) is 21.8. The number of nitrogens with zero attached hydrogens (tertiary/aromatic N) is 1. The van der Waals surface area contributed by atoms with Crippen molar-refractivity contribution in [3.63, 3.8) is 0 Å². The molecule has 1 amide bonds. The smallest absolute Gasteiger partial charge is 0.337 e. The predicted molar refractivity (Wildman–Crippen MR) is 109 cm³/mol. The van der Waals surface area contributed by atoms with E-state index in [1.807, 2.05) is 19.1 Å². The second-order valence-electron chi connectivity index (χ2n) is 7.25. The lowest BCUT2D eigenvalue weighted by Crippen LogP contribution is -2.30. The molecule has 0 spiro atoms. The molecule has 7 heteroatoms. The highest BCUT2D eigenvalue weighted by atomic mass is 16.5. The first kappa shape index (κ1) is 21.2. The average molecular weight is 409 g/mol. The quantitative estimate of drug-likeness (QED) is 0.538. The molecular weight excluding hydrogens is 386 g/mol. The summed E-state index contributed by atoms with van der Waals surface area (Å²) < 4.78 is 10.0. The molecule has 1 aliphatic heterocycles. The van der Waals surface area contributed by atoms with Crippen LogP contribution in [-0.4, -0.2) is 43.4 Å². The van der Waals surface area contributed by atoms with Crippen molar-refractivity contribution in [3.8, 4) is 0 Å². The van der Waals surface area contributed by atoms with Gasteiger partial charge in [0.15, 0.2) is 6.10 Å². The number of ether oxygens (including phenoxy) is 2. The molecule has 156 valence electrons. The normalized spacial score (nSPS) is 16.8. The number of methoxy groups -OCH3 is 1. The number of anilines is 1. The van der Waals surface area contributed by atoms with Gasteiger partial charge in [0.05, 0.1) is 18.6 Å². The minimum atomic E-state index is -0.941. The second kappa shape index (κ2) is 8.90. The van der Waals surface area contributed by atoms with E-state index in [0.717, 1.165) is 5.56 Å². The third-order valence-electron chi connectivity index (χ3n) is 5.06. The summed E-state index contributed by atoms with van der Waals surface area (Å²) in [5.41, 5.74) is 2.44. The first-order valence-corrected chi connectivity index (χ1v) is 9.60. The third kappa shape index (κ3) is 4.56. The molecule has 1 saturated heterocycles. The van der Waals surface area contributed by atoms with E-state index in [4.69, 9.17) is 4.74 Å². The summed E-state index contributed by atoms with van der Waals surface area (Å²) in [7, 11) is 1.29. The molecule has 0 unspecified atom stereocenters. The van der Waals surface area contributed by atoms with Gasteiger partial charge in [0.25, 0.3) is 0 Å². The van der Waals surface area contributed by atoms with Crippen LogP contribution in [0, 0.1) is 12.8 Å². The van der Waals surface area contributed by atoms with Crippen LogP contribution in [0.5, 0.6) is 0 Å². The SMILES string of the molecule is COC(=O)c1ccc(N2C[C@@H](C(=O)O[C@H](C)C(=O)c3ccc(C)cc3)CC2=O)cc1. The molecule has 0 N–H and O–H groups in total. The molecule has 1 aliphatic rings. The summed E-state index contributed by atoms with van der Waals surface area (Å²) in [5.74, 6) is -2.22. The van der Waals surface area contributed by atoms with E-state index in [1.54, 1.807) is 36.4 Å². The molecule has 30 heavy (non-hydrogen) atoms. The Kier molecular flexibility index (Phi) is 6.30. The highest BCUT2D eigenvalue weighted by Crippen LogP contribution is 2.27. The van der Waals surface area contributed by atoms with E-state index in [2.05, 4.69) is 4.74 Å². The van der Waals surface area contributed by atoms with E-state index in [0.29, 0.717) is 16.8 Å². The van der Waals surface area contributed by atoms with E-state index < -0.39 is 24.0 Å². The van der Waals surface area contributed by atoms with Gasteiger partial charge in [0.1, 0.15) is 0 Å². The lowest BCUT2D eigenvalue weighted by atomic mass is 10.1. The second-order valence-corrected chi connectivity index (χ2v) is 7.25. The Bertz CT molecular complexity index is 964. The molecule has 2 atom stereocenters. The van der Waals surface area contributed by atoms with Gasteiger partial charge in [-0.2, -0.15) is 0 Å². The van der Waals surface area contributed by atoms with Gasteiger partial charge in [-0.3, -0.25) is 14.4 Å². The molecular formula is C23H23NO6. The summed E-state index contributed by atoms with van der Waals surface area (Å²) in [5, 5.41) is 0. The van der Waals surface area contributed by atoms with Crippen molar-refractivity contribution in [1.82, 2.24) is 0 Å². The number of benzene rings is 2. The van der Waals surface area contributed by atoms with Crippen LogP contribution in [0.3, 0.4) is 0 Å². The lowest BCUT2D eigenvalue weighted by molar-refractivity contribution is -0.151. The number of carbonyl (C=O) groups is 4. The Morgan fingerprint density at radius 3 is 2.20 bits per heavy atom. The molecule has 1 heterocycles. The Hall–Kier alpha value is -3.48. The van der Waals surface area contributed by atoms with Crippen LogP contribution in [-0.2, 0) is 19.1 Å². The van der Waals surface area contributed by atoms with Crippen molar-refractivity contribution >= 4 is 29.3 Å². The summed E-state index contributed by atoms with van der Waals surface area (Å²) in [6, 6.07) is 13.4. The van der Waals surface area contributed by atoms with Crippen LogP contribution in [0.25, 0.3) is 0 Å². The zero-order valence-electron chi connectivity index (χ0n) is 17.1. The molecule has 0 saturated carbocycles. The van der Waals surface area contributed by atoms with Gasteiger partial charge in [-0.25, -0.2) is 4.79 Å². The summed E-state index contributed by atoms with van der Waals surface area (Å²) in [4.78, 5) is 50.4. The van der Waals surface area contributed by atoms with Crippen molar-refractivity contribution in [2.75, 3.05) is 18.6 Å². The van der Waals surface area contributed by atoms with E-state index in [-0.39, 0.29) is 24.7 Å². The van der Waals surface area contributed by atoms with Crippen LogP contribution < -0.4 is 4.90 Å². The fourth-order valence-electron chi connectivity index (χ4n) is 3.29. The Balaban J connectivity index is 1.62. The predicted octanol–water partition coefficient (Wildman–Crippen LogP) is 2.95. The van der Waals surface area contributed by atoms with Gasteiger partial charge >= 0.3 is 11.9 Å². The van der Waals surface area contributed by atoms with E-state index in [1.165, 1.54) is 18.9 Å². The zero-order valence-corrected chi connectivity index (χ0v) is 17.1. The molecule has 0 aromatic heterocycles. The van der Waals surface area contributed by atoms with Crippen molar-refractivity contribution in [2.45, 2.75) is 26.4 Å². The number of carbonyl (C=O) groups excluding carboxylic acids is 4. The van der Waals surface area contributed by atoms with Crippen LogP contribution >= 0.6 is 0 Å². The number of ketones is 1. The molecule has 0 bridgehead atoms. The van der Waals surface area contributed by atoms with Gasteiger partial charge < -0.3 is 14.4 Å². The topological polar surface area (TPSA) is 90.0 Å². The van der Waals surface area contributed by atoms with E-state index >= 15 is 0 Å². The Labute approximate surface area is 174 Å². The van der Waals surface area contributed by atoms with Crippen LogP contribution in [0.1, 0.15) is 39.6 Å². The average Bonchev–Trinajstić information content (AvgIpc) is 3.15. The number of Topliss-reactive ketones (excluding diaryl/α,β-unsaturated/α-hetero) is 1. The van der Waals surface area contributed by atoms with Crippen LogP contribution in [0.4, 0.5) is 5.69 Å². The molecule has 2 aromatic rings. The number of amides is 1. The number of esters is 2. The first-order chi connectivity index (χ1) is 14.3. The van der Waals surface area contributed by atoms with Gasteiger partial charge in [-0.05, 0) is 38.1 Å². The molecule has 0 radical (unpaired) electrons. The Morgan fingerprint density at radius 2 is 1.60 bits per heavy atom. The molecule has 3 rings (SSSR count). The monoisotopic (exact) mass is 409 g/mol. The lowest BCUT2D eigenvalue weighted by Gasteiger charge is -2.18. The maximum atomic E-state index is 12.5. The fourth-order valence-corrected chi connectivity index (χ4v) is 3.29. The molecule has 7 nitrogen and oxygen atoms in total. The number of rotatable bonds is 6. The van der Waals surface area contributed by atoms with Crippen LogP contribution in [0.2, 0.25) is 0 Å². The van der Waals surface area contributed by atoms with Crippen molar-refractivity contribution in [3.05, 3.63) is 65.2 Å². The molecule has 0 aliphatic carbocycles. The standard InChI is InChI=1S/C23H23NO6/c1-14-4-6-16(7-5-14)21(26)15(2)30-23(28)18-12-20(25)24(13-18)19-10-8-17(9-11-19)22(27)29-3/h4-11,15,18H,12-13H2,1-3H3/t15-,18+/m1/s1. The number of aryl methyl sites for hydroxylation is 1. The minimum Gasteiger partial charge on any atom is -0.465 e. The van der Waals surface area contributed by atoms with Gasteiger partial charge in [0, 0.05) is 24.2 Å². The Morgan fingerprint density at radius 1 is 1.00 bits per heavy atom.